The molecule has 1 fully saturated rings. The van der Waals surface area contributed by atoms with E-state index in [-0.39, 0.29) is 23.1 Å². The number of rotatable bonds is 4. The summed E-state index contributed by atoms with van der Waals surface area (Å²) in [6, 6.07) is 3.74. The number of methoxy groups -OCH3 is 1. The number of piperazine rings is 1. The molecule has 24 heavy (non-hydrogen) atoms. The number of hydrogen-bond acceptors (Lipinski definition) is 5. The van der Waals surface area contributed by atoms with Crippen molar-refractivity contribution in [1.82, 2.24) is 9.80 Å². The number of carbonyl (C=O) groups is 3. The number of amides is 2. The van der Waals surface area contributed by atoms with Gasteiger partial charge in [0.2, 0.25) is 5.91 Å². The van der Waals surface area contributed by atoms with Crippen molar-refractivity contribution < 1.29 is 28.2 Å². The van der Waals surface area contributed by atoms with Gasteiger partial charge in [0, 0.05) is 39.2 Å². The molecule has 1 saturated heterocycles. The molecule has 8 heteroatoms. The standard InChI is InChI=1S/C16H19FN2O5/c1-11(20)18-5-7-19(8-6-18)15(21)10-24-16(22)13-4-3-12(23-2)9-14(13)17/h3-4,9H,5-8,10H2,1-2H3. The maximum atomic E-state index is 13.8. The Kier molecular flexibility index (Phi) is 5.73. The molecule has 1 aliphatic rings. The highest BCUT2D eigenvalue weighted by Gasteiger charge is 2.23. The van der Waals surface area contributed by atoms with Crippen LogP contribution in [0.2, 0.25) is 0 Å². The summed E-state index contributed by atoms with van der Waals surface area (Å²) in [6.07, 6.45) is 0. The lowest BCUT2D eigenvalue weighted by Crippen LogP contribution is -2.51. The molecule has 130 valence electrons. The van der Waals surface area contributed by atoms with Gasteiger partial charge in [-0.3, -0.25) is 9.59 Å². The van der Waals surface area contributed by atoms with Gasteiger partial charge in [0.15, 0.2) is 6.61 Å². The third-order valence-corrected chi connectivity index (χ3v) is 3.80. The first kappa shape index (κ1) is 17.7. The van der Waals surface area contributed by atoms with E-state index in [2.05, 4.69) is 0 Å². The molecular weight excluding hydrogens is 319 g/mol. The van der Waals surface area contributed by atoms with Gasteiger partial charge < -0.3 is 19.3 Å². The van der Waals surface area contributed by atoms with Gasteiger partial charge in [0.05, 0.1) is 12.7 Å². The minimum Gasteiger partial charge on any atom is -0.497 e. The molecule has 1 heterocycles. The summed E-state index contributed by atoms with van der Waals surface area (Å²) in [7, 11) is 1.39. The van der Waals surface area contributed by atoms with Crippen molar-refractivity contribution >= 4 is 17.8 Å². The number of carbonyl (C=O) groups excluding carboxylic acids is 3. The summed E-state index contributed by atoms with van der Waals surface area (Å²) >= 11 is 0. The molecule has 1 aromatic rings. The summed E-state index contributed by atoms with van der Waals surface area (Å²) < 4.78 is 23.5. The Labute approximate surface area is 138 Å². The van der Waals surface area contributed by atoms with Gasteiger partial charge in [-0.25, -0.2) is 9.18 Å². The fourth-order valence-corrected chi connectivity index (χ4v) is 2.36. The summed E-state index contributed by atoms with van der Waals surface area (Å²) in [6.45, 7) is 2.66. The van der Waals surface area contributed by atoms with E-state index in [1.807, 2.05) is 0 Å². The van der Waals surface area contributed by atoms with Crippen molar-refractivity contribution in [3.8, 4) is 5.75 Å². The molecule has 2 rings (SSSR count). The van der Waals surface area contributed by atoms with Crippen molar-refractivity contribution in [3.05, 3.63) is 29.6 Å². The molecule has 1 aromatic carbocycles. The van der Waals surface area contributed by atoms with Crippen molar-refractivity contribution in [2.45, 2.75) is 6.92 Å². The van der Waals surface area contributed by atoms with E-state index < -0.39 is 18.4 Å². The number of benzene rings is 1. The minimum absolute atomic E-state index is 0.0384. The molecule has 0 radical (unpaired) electrons. The lowest BCUT2D eigenvalue weighted by atomic mass is 10.2. The summed E-state index contributed by atoms with van der Waals surface area (Å²) in [5.41, 5.74) is -0.259. The van der Waals surface area contributed by atoms with Crippen LogP contribution in [0.15, 0.2) is 18.2 Å². The van der Waals surface area contributed by atoms with Crippen LogP contribution in [0.4, 0.5) is 4.39 Å². The van der Waals surface area contributed by atoms with Crippen LogP contribution in [0.1, 0.15) is 17.3 Å². The molecule has 0 saturated carbocycles. The van der Waals surface area contributed by atoms with E-state index in [4.69, 9.17) is 9.47 Å². The van der Waals surface area contributed by atoms with Gasteiger partial charge in [-0.2, -0.15) is 0 Å². The molecule has 0 N–H and O–H groups in total. The Morgan fingerprint density at radius 2 is 1.75 bits per heavy atom. The normalized spacial score (nSPS) is 14.3. The summed E-state index contributed by atoms with van der Waals surface area (Å²) in [4.78, 5) is 38.3. The third kappa shape index (κ3) is 4.21. The van der Waals surface area contributed by atoms with Crippen LogP contribution < -0.4 is 4.74 Å². The second-order valence-corrected chi connectivity index (χ2v) is 5.31. The second kappa shape index (κ2) is 7.76. The van der Waals surface area contributed by atoms with Crippen molar-refractivity contribution in [3.63, 3.8) is 0 Å². The Morgan fingerprint density at radius 3 is 2.29 bits per heavy atom. The fraction of sp³-hybridized carbons (Fsp3) is 0.438. The number of esters is 1. The lowest BCUT2D eigenvalue weighted by Gasteiger charge is -2.34. The monoisotopic (exact) mass is 338 g/mol. The van der Waals surface area contributed by atoms with Crippen LogP contribution in [-0.4, -0.2) is 67.5 Å². The zero-order valence-corrected chi connectivity index (χ0v) is 13.6. The molecule has 2 amide bonds. The van der Waals surface area contributed by atoms with Gasteiger partial charge in [-0.15, -0.1) is 0 Å². The SMILES string of the molecule is COc1ccc(C(=O)OCC(=O)N2CCN(C(C)=O)CC2)c(F)c1. The molecule has 0 aromatic heterocycles. The first-order valence-electron chi connectivity index (χ1n) is 7.46. The van der Waals surface area contributed by atoms with Crippen LogP contribution in [0.5, 0.6) is 5.75 Å². The highest BCUT2D eigenvalue weighted by Crippen LogP contribution is 2.17. The average Bonchev–Trinajstić information content (AvgIpc) is 2.59. The first-order valence-corrected chi connectivity index (χ1v) is 7.46. The maximum absolute atomic E-state index is 13.8. The predicted octanol–water partition coefficient (Wildman–Crippen LogP) is 0.682. The Morgan fingerprint density at radius 1 is 1.12 bits per heavy atom. The van der Waals surface area contributed by atoms with Crippen LogP contribution >= 0.6 is 0 Å². The Balaban J connectivity index is 1.86. The van der Waals surface area contributed by atoms with E-state index in [0.717, 1.165) is 6.07 Å². The molecule has 0 aliphatic carbocycles. The quantitative estimate of drug-likeness (QED) is 0.755. The first-order chi connectivity index (χ1) is 11.4. The van der Waals surface area contributed by atoms with Crippen LogP contribution in [0.3, 0.4) is 0 Å². The van der Waals surface area contributed by atoms with Gasteiger partial charge in [-0.1, -0.05) is 0 Å². The zero-order chi connectivity index (χ0) is 17.7. The smallest absolute Gasteiger partial charge is 0.341 e. The molecule has 0 spiro atoms. The van der Waals surface area contributed by atoms with Crippen molar-refractivity contribution in [2.75, 3.05) is 39.9 Å². The molecule has 0 bridgehead atoms. The average molecular weight is 338 g/mol. The molecular formula is C16H19FN2O5. The summed E-state index contributed by atoms with van der Waals surface area (Å²) in [5, 5.41) is 0. The second-order valence-electron chi connectivity index (χ2n) is 5.31. The highest BCUT2D eigenvalue weighted by molar-refractivity contribution is 5.91. The van der Waals surface area contributed by atoms with Crippen LogP contribution in [0, 0.1) is 5.82 Å². The number of ether oxygens (including phenoxy) is 2. The topological polar surface area (TPSA) is 76.2 Å². The van der Waals surface area contributed by atoms with Crippen LogP contribution in [0.25, 0.3) is 0 Å². The van der Waals surface area contributed by atoms with E-state index in [1.165, 1.54) is 31.1 Å². The number of nitrogens with zero attached hydrogens (tertiary/aromatic N) is 2. The van der Waals surface area contributed by atoms with Gasteiger partial charge >= 0.3 is 5.97 Å². The summed E-state index contributed by atoms with van der Waals surface area (Å²) in [5.74, 6) is -1.82. The van der Waals surface area contributed by atoms with Crippen molar-refractivity contribution in [2.24, 2.45) is 0 Å². The minimum atomic E-state index is -0.911. The molecule has 1 aliphatic heterocycles. The highest BCUT2D eigenvalue weighted by atomic mass is 19.1. The Hall–Kier alpha value is -2.64. The largest absolute Gasteiger partial charge is 0.497 e. The Bertz CT molecular complexity index is 641. The van der Waals surface area contributed by atoms with E-state index in [0.29, 0.717) is 26.2 Å². The molecule has 0 unspecified atom stereocenters. The predicted molar refractivity (Wildman–Crippen MR) is 82.1 cm³/mol. The van der Waals surface area contributed by atoms with E-state index >= 15 is 0 Å². The van der Waals surface area contributed by atoms with Crippen molar-refractivity contribution in [1.29, 1.82) is 0 Å². The third-order valence-electron chi connectivity index (χ3n) is 3.80. The van der Waals surface area contributed by atoms with Gasteiger partial charge in [0.25, 0.3) is 5.91 Å². The lowest BCUT2D eigenvalue weighted by molar-refractivity contribution is -0.140. The molecule has 0 atom stereocenters. The number of hydrogen-bond donors (Lipinski definition) is 0. The number of halogens is 1. The van der Waals surface area contributed by atoms with E-state index in [9.17, 15) is 18.8 Å². The van der Waals surface area contributed by atoms with Gasteiger partial charge in [0.1, 0.15) is 11.6 Å². The fourth-order valence-electron chi connectivity index (χ4n) is 2.36. The maximum Gasteiger partial charge on any atom is 0.341 e. The molecule has 7 nitrogen and oxygen atoms in total. The van der Waals surface area contributed by atoms with Gasteiger partial charge in [-0.05, 0) is 12.1 Å². The van der Waals surface area contributed by atoms with Crippen LogP contribution in [-0.2, 0) is 14.3 Å². The van der Waals surface area contributed by atoms with E-state index in [1.54, 1.807) is 4.90 Å². The zero-order valence-electron chi connectivity index (χ0n) is 13.6.